The highest BCUT2D eigenvalue weighted by molar-refractivity contribution is 5.77. The van der Waals surface area contributed by atoms with E-state index in [1.807, 2.05) is 7.05 Å². The summed E-state index contributed by atoms with van der Waals surface area (Å²) < 4.78 is 0. The maximum atomic E-state index is 12.1. The average molecular weight is 254 g/mol. The molecule has 2 saturated carbocycles. The second-order valence-corrected chi connectivity index (χ2v) is 5.68. The van der Waals surface area contributed by atoms with Crippen molar-refractivity contribution in [1.82, 2.24) is 10.2 Å². The van der Waals surface area contributed by atoms with Crippen LogP contribution in [0.2, 0.25) is 0 Å². The van der Waals surface area contributed by atoms with Crippen LogP contribution >= 0.6 is 0 Å². The van der Waals surface area contributed by atoms with Crippen LogP contribution in [0.4, 0.5) is 4.79 Å². The van der Waals surface area contributed by atoms with Gasteiger partial charge in [0.2, 0.25) is 0 Å². The molecule has 0 heterocycles. The Balaban J connectivity index is 1.95. The number of rotatable bonds is 4. The number of carbonyl (C=O) groups is 2. The molecule has 18 heavy (non-hydrogen) atoms. The van der Waals surface area contributed by atoms with E-state index in [0.29, 0.717) is 6.04 Å². The van der Waals surface area contributed by atoms with E-state index in [2.05, 4.69) is 5.32 Å². The molecule has 0 bridgehead atoms. The van der Waals surface area contributed by atoms with Gasteiger partial charge in [-0.05, 0) is 32.1 Å². The van der Waals surface area contributed by atoms with Gasteiger partial charge in [-0.25, -0.2) is 4.79 Å². The van der Waals surface area contributed by atoms with Crippen LogP contribution in [0.5, 0.6) is 0 Å². The quantitative estimate of drug-likeness (QED) is 0.805. The molecule has 0 unspecified atom stereocenters. The monoisotopic (exact) mass is 254 g/mol. The van der Waals surface area contributed by atoms with E-state index in [0.717, 1.165) is 38.5 Å². The molecule has 2 aliphatic carbocycles. The van der Waals surface area contributed by atoms with Crippen molar-refractivity contribution in [2.24, 2.45) is 0 Å². The third-order valence-corrected chi connectivity index (χ3v) is 4.37. The molecule has 0 aromatic heterocycles. The molecule has 0 radical (unpaired) electrons. The minimum absolute atomic E-state index is 0.0389. The van der Waals surface area contributed by atoms with Gasteiger partial charge >= 0.3 is 12.0 Å². The lowest BCUT2D eigenvalue weighted by atomic mass is 9.91. The van der Waals surface area contributed by atoms with Gasteiger partial charge in [0.15, 0.2) is 0 Å². The first-order chi connectivity index (χ1) is 8.52. The van der Waals surface area contributed by atoms with Crippen LogP contribution in [0.3, 0.4) is 0 Å². The predicted octanol–water partition coefficient (Wildman–Crippen LogP) is 1.97. The van der Waals surface area contributed by atoms with E-state index in [9.17, 15) is 9.59 Å². The highest BCUT2D eigenvalue weighted by atomic mass is 16.4. The predicted molar refractivity (Wildman–Crippen MR) is 67.4 cm³/mol. The molecule has 5 nitrogen and oxygen atoms in total. The molecule has 0 aromatic rings. The van der Waals surface area contributed by atoms with Gasteiger partial charge in [0.1, 0.15) is 0 Å². The lowest BCUT2D eigenvalue weighted by Gasteiger charge is -2.38. The number of nitrogens with zero attached hydrogens (tertiary/aromatic N) is 1. The smallest absolute Gasteiger partial charge is 0.317 e. The molecule has 0 saturated heterocycles. The lowest BCUT2D eigenvalue weighted by Crippen LogP contribution is -2.55. The lowest BCUT2D eigenvalue weighted by molar-refractivity contribution is -0.138. The number of carbonyl (C=O) groups excluding carboxylic acids is 1. The molecular formula is C13H22N2O3. The second kappa shape index (κ2) is 5.16. The first kappa shape index (κ1) is 13.2. The summed E-state index contributed by atoms with van der Waals surface area (Å²) in [5.74, 6) is -0.830. The SMILES string of the molecule is CN(C(=O)NC1(CC(=O)O)CCCC1)C1CCC1. The second-order valence-electron chi connectivity index (χ2n) is 5.68. The molecule has 2 aliphatic rings. The number of aliphatic carboxylic acids is 1. The summed E-state index contributed by atoms with van der Waals surface area (Å²) in [5, 5.41) is 12.0. The average Bonchev–Trinajstić information content (AvgIpc) is 2.62. The van der Waals surface area contributed by atoms with Crippen molar-refractivity contribution in [3.63, 3.8) is 0 Å². The van der Waals surface area contributed by atoms with Crippen LogP contribution in [0.25, 0.3) is 0 Å². The van der Waals surface area contributed by atoms with Crippen molar-refractivity contribution < 1.29 is 14.7 Å². The van der Waals surface area contributed by atoms with Crippen LogP contribution in [-0.2, 0) is 4.79 Å². The van der Waals surface area contributed by atoms with E-state index in [4.69, 9.17) is 5.11 Å². The van der Waals surface area contributed by atoms with Crippen LogP contribution in [-0.4, -0.2) is 40.6 Å². The van der Waals surface area contributed by atoms with Crippen molar-refractivity contribution in [3.05, 3.63) is 0 Å². The molecule has 2 amide bonds. The van der Waals surface area contributed by atoms with Gasteiger partial charge in [0, 0.05) is 13.1 Å². The molecule has 5 heteroatoms. The van der Waals surface area contributed by atoms with Gasteiger partial charge in [-0.2, -0.15) is 0 Å². The van der Waals surface area contributed by atoms with E-state index < -0.39 is 11.5 Å². The van der Waals surface area contributed by atoms with E-state index in [1.165, 1.54) is 6.42 Å². The molecule has 102 valence electrons. The minimum atomic E-state index is -0.830. The fraction of sp³-hybridized carbons (Fsp3) is 0.846. The molecule has 2 fully saturated rings. The highest BCUT2D eigenvalue weighted by Gasteiger charge is 2.39. The van der Waals surface area contributed by atoms with Crippen molar-refractivity contribution in [3.8, 4) is 0 Å². The Hall–Kier alpha value is -1.26. The molecule has 2 N–H and O–H groups in total. The Labute approximate surface area is 108 Å². The standard InChI is InChI=1S/C13H22N2O3/c1-15(10-5-4-6-10)12(18)14-13(9-11(16)17)7-2-3-8-13/h10H,2-9H2,1H3,(H,14,18)(H,16,17). The number of urea groups is 1. The Morgan fingerprint density at radius 1 is 1.28 bits per heavy atom. The summed E-state index contributed by atoms with van der Waals surface area (Å²) in [6, 6.07) is 0.233. The Kier molecular flexibility index (Phi) is 3.78. The molecule has 2 rings (SSSR count). The first-order valence-corrected chi connectivity index (χ1v) is 6.79. The topological polar surface area (TPSA) is 69.6 Å². The number of amides is 2. The number of carboxylic acids is 1. The Bertz CT molecular complexity index is 333. The van der Waals surface area contributed by atoms with Gasteiger partial charge in [-0.3, -0.25) is 4.79 Å². The number of nitrogens with one attached hydrogen (secondary N) is 1. The molecular weight excluding hydrogens is 232 g/mol. The summed E-state index contributed by atoms with van der Waals surface area (Å²) in [7, 11) is 1.81. The van der Waals surface area contributed by atoms with E-state index in [-0.39, 0.29) is 12.5 Å². The molecule has 0 atom stereocenters. The zero-order valence-electron chi connectivity index (χ0n) is 10.9. The zero-order chi connectivity index (χ0) is 13.2. The van der Waals surface area contributed by atoms with Crippen LogP contribution in [0.15, 0.2) is 0 Å². The van der Waals surface area contributed by atoms with E-state index in [1.54, 1.807) is 4.90 Å². The van der Waals surface area contributed by atoms with E-state index >= 15 is 0 Å². The third-order valence-electron chi connectivity index (χ3n) is 4.37. The van der Waals surface area contributed by atoms with Crippen molar-refractivity contribution in [2.45, 2.75) is 62.9 Å². The fourth-order valence-corrected chi connectivity index (χ4v) is 2.94. The number of carboxylic acid groups (broad SMARTS) is 1. The summed E-state index contributed by atoms with van der Waals surface area (Å²) >= 11 is 0. The van der Waals surface area contributed by atoms with Crippen molar-refractivity contribution in [2.75, 3.05) is 7.05 Å². The Morgan fingerprint density at radius 2 is 1.89 bits per heavy atom. The van der Waals surface area contributed by atoms with Crippen molar-refractivity contribution in [1.29, 1.82) is 0 Å². The minimum Gasteiger partial charge on any atom is -0.481 e. The van der Waals surface area contributed by atoms with Crippen LogP contribution in [0.1, 0.15) is 51.4 Å². The number of hydrogen-bond acceptors (Lipinski definition) is 2. The summed E-state index contributed by atoms with van der Waals surface area (Å²) in [4.78, 5) is 24.8. The summed E-state index contributed by atoms with van der Waals surface area (Å²) in [6.45, 7) is 0. The first-order valence-electron chi connectivity index (χ1n) is 6.79. The summed E-state index contributed by atoms with van der Waals surface area (Å²) in [6.07, 6.45) is 6.92. The summed E-state index contributed by atoms with van der Waals surface area (Å²) in [5.41, 5.74) is -0.513. The molecule has 0 aliphatic heterocycles. The van der Waals surface area contributed by atoms with Crippen molar-refractivity contribution >= 4 is 12.0 Å². The zero-order valence-corrected chi connectivity index (χ0v) is 10.9. The van der Waals surface area contributed by atoms with Gasteiger partial charge in [0.25, 0.3) is 0 Å². The third kappa shape index (κ3) is 2.76. The van der Waals surface area contributed by atoms with Crippen LogP contribution in [0, 0.1) is 0 Å². The number of hydrogen-bond donors (Lipinski definition) is 2. The van der Waals surface area contributed by atoms with Crippen LogP contribution < -0.4 is 5.32 Å². The van der Waals surface area contributed by atoms with Gasteiger partial charge in [-0.1, -0.05) is 12.8 Å². The normalized spacial score (nSPS) is 22.3. The maximum Gasteiger partial charge on any atom is 0.317 e. The van der Waals surface area contributed by atoms with Gasteiger partial charge in [-0.15, -0.1) is 0 Å². The fourth-order valence-electron chi connectivity index (χ4n) is 2.94. The molecule has 0 aromatic carbocycles. The highest BCUT2D eigenvalue weighted by Crippen LogP contribution is 2.33. The van der Waals surface area contributed by atoms with Gasteiger partial charge in [0.05, 0.1) is 12.0 Å². The van der Waals surface area contributed by atoms with Gasteiger partial charge < -0.3 is 15.3 Å². The molecule has 0 spiro atoms. The largest absolute Gasteiger partial charge is 0.481 e. The maximum absolute atomic E-state index is 12.1. The Morgan fingerprint density at radius 3 is 2.33 bits per heavy atom.